The first-order valence-corrected chi connectivity index (χ1v) is 9.11. The number of hydrogen-bond donors (Lipinski definition) is 3. The number of benzene rings is 2. The van der Waals surface area contributed by atoms with Crippen molar-refractivity contribution in [3.63, 3.8) is 0 Å². The number of imide groups is 1. The molecule has 0 spiro atoms. The number of hydrogen-bond acceptors (Lipinski definition) is 4. The third kappa shape index (κ3) is 3.19. The number of fused-ring (bicyclic) bond motifs is 1. The first kappa shape index (κ1) is 18.9. The fraction of sp³-hybridized carbons (Fsp3) is 0.100. The van der Waals surface area contributed by atoms with Gasteiger partial charge in [0.25, 0.3) is 5.91 Å². The second-order valence-electron chi connectivity index (χ2n) is 6.94. The zero-order chi connectivity index (χ0) is 21.8. The Morgan fingerprint density at radius 2 is 1.77 bits per heavy atom. The van der Waals surface area contributed by atoms with Crippen molar-refractivity contribution in [3.05, 3.63) is 66.2 Å². The van der Waals surface area contributed by atoms with E-state index >= 15 is 0 Å². The number of imidazole rings is 2. The maximum atomic E-state index is 12.8. The van der Waals surface area contributed by atoms with Crippen LogP contribution in [0.4, 0.5) is 23.7 Å². The van der Waals surface area contributed by atoms with Crippen LogP contribution in [0, 0.1) is 0 Å². The summed E-state index contributed by atoms with van der Waals surface area (Å²) in [6.45, 7) is 0. The highest BCUT2D eigenvalue weighted by Crippen LogP contribution is 2.34. The number of H-pyrrole nitrogens is 2. The van der Waals surface area contributed by atoms with Crippen LogP contribution in [0.15, 0.2) is 55.0 Å². The molecule has 1 atom stereocenters. The molecule has 3 amide bonds. The topological polar surface area (TPSA) is 107 Å². The standard InChI is InChI=1S/C20H13F3N6O2/c21-20(22,23)15-8-24-17(27-15)11-3-1-10(2-4-11)16-18(30)28-19(31)29(16)12-5-6-13-14(7-12)26-9-25-13/h1-9,16H,(H,24,27)(H,25,26)(H,28,30,31). The highest BCUT2D eigenvalue weighted by atomic mass is 19.4. The zero-order valence-corrected chi connectivity index (χ0v) is 15.6. The van der Waals surface area contributed by atoms with E-state index < -0.39 is 29.9 Å². The molecule has 0 saturated carbocycles. The zero-order valence-electron chi connectivity index (χ0n) is 15.6. The van der Waals surface area contributed by atoms with Gasteiger partial charge in [-0.15, -0.1) is 0 Å². The summed E-state index contributed by atoms with van der Waals surface area (Å²) in [5, 5.41) is 2.30. The lowest BCUT2D eigenvalue weighted by atomic mass is 10.0. The van der Waals surface area contributed by atoms with Crippen LogP contribution in [0.2, 0.25) is 0 Å². The van der Waals surface area contributed by atoms with Gasteiger partial charge < -0.3 is 9.97 Å². The van der Waals surface area contributed by atoms with Gasteiger partial charge in [0, 0.05) is 11.3 Å². The number of anilines is 1. The Morgan fingerprint density at radius 3 is 2.48 bits per heavy atom. The largest absolute Gasteiger partial charge is 0.432 e. The minimum atomic E-state index is -4.52. The molecule has 1 aliphatic rings. The van der Waals surface area contributed by atoms with Crippen molar-refractivity contribution >= 4 is 28.7 Å². The van der Waals surface area contributed by atoms with Gasteiger partial charge in [-0.05, 0) is 23.8 Å². The number of aromatic amines is 2. The van der Waals surface area contributed by atoms with Crippen LogP contribution in [-0.4, -0.2) is 31.9 Å². The molecule has 5 rings (SSSR count). The number of halogens is 3. The number of nitrogens with zero attached hydrogens (tertiary/aromatic N) is 3. The van der Waals surface area contributed by atoms with Gasteiger partial charge in [-0.3, -0.25) is 15.0 Å². The van der Waals surface area contributed by atoms with Crippen LogP contribution in [0.25, 0.3) is 22.4 Å². The Kier molecular flexibility index (Phi) is 4.07. The number of carbonyl (C=O) groups excluding carboxylic acids is 2. The lowest BCUT2D eigenvalue weighted by Crippen LogP contribution is -2.29. The minimum Gasteiger partial charge on any atom is -0.345 e. The van der Waals surface area contributed by atoms with Crippen LogP contribution in [-0.2, 0) is 11.0 Å². The van der Waals surface area contributed by atoms with Gasteiger partial charge >= 0.3 is 12.2 Å². The Morgan fingerprint density at radius 1 is 1.00 bits per heavy atom. The SMILES string of the molecule is O=C1NC(=O)N(c2ccc3nc[nH]c3c2)C1c1ccc(-c2ncc(C(F)(F)F)[nH]2)cc1. The fourth-order valence-electron chi connectivity index (χ4n) is 3.54. The van der Waals surface area contributed by atoms with Gasteiger partial charge in [0.05, 0.1) is 23.6 Å². The van der Waals surface area contributed by atoms with Crippen LogP contribution >= 0.6 is 0 Å². The van der Waals surface area contributed by atoms with Gasteiger partial charge in [0.2, 0.25) is 0 Å². The van der Waals surface area contributed by atoms with E-state index in [1.165, 1.54) is 11.2 Å². The fourth-order valence-corrected chi connectivity index (χ4v) is 3.54. The molecule has 1 saturated heterocycles. The number of nitrogens with one attached hydrogen (secondary N) is 3. The monoisotopic (exact) mass is 426 g/mol. The molecule has 156 valence electrons. The molecule has 1 fully saturated rings. The summed E-state index contributed by atoms with van der Waals surface area (Å²) < 4.78 is 38.4. The van der Waals surface area contributed by atoms with Crippen molar-refractivity contribution in [2.75, 3.05) is 4.90 Å². The van der Waals surface area contributed by atoms with Gasteiger partial charge in [-0.2, -0.15) is 13.2 Å². The van der Waals surface area contributed by atoms with Crippen LogP contribution in [0.5, 0.6) is 0 Å². The summed E-state index contributed by atoms with van der Waals surface area (Å²) in [5.74, 6) is -0.452. The van der Waals surface area contributed by atoms with Crippen LogP contribution < -0.4 is 10.2 Å². The highest BCUT2D eigenvalue weighted by Gasteiger charge is 2.40. The average molecular weight is 426 g/mol. The van der Waals surface area contributed by atoms with E-state index in [4.69, 9.17) is 0 Å². The van der Waals surface area contributed by atoms with E-state index in [1.54, 1.807) is 42.5 Å². The molecule has 0 aliphatic carbocycles. The molecule has 2 aromatic carbocycles. The Balaban J connectivity index is 1.48. The van der Waals surface area contributed by atoms with Crippen molar-refractivity contribution in [1.82, 2.24) is 25.3 Å². The number of alkyl halides is 3. The first-order chi connectivity index (χ1) is 14.8. The first-order valence-electron chi connectivity index (χ1n) is 9.11. The minimum absolute atomic E-state index is 0.0485. The van der Waals surface area contributed by atoms with E-state index in [0.717, 1.165) is 6.20 Å². The predicted molar refractivity (Wildman–Crippen MR) is 104 cm³/mol. The van der Waals surface area contributed by atoms with E-state index in [9.17, 15) is 22.8 Å². The number of aromatic nitrogens is 4. The predicted octanol–water partition coefficient (Wildman–Crippen LogP) is 3.77. The van der Waals surface area contributed by atoms with Gasteiger partial charge in [0.1, 0.15) is 17.6 Å². The summed E-state index contributed by atoms with van der Waals surface area (Å²) in [6.07, 6.45) is -2.28. The summed E-state index contributed by atoms with van der Waals surface area (Å²) in [5.41, 5.74) is 1.88. The van der Waals surface area contributed by atoms with Gasteiger partial charge in [-0.25, -0.2) is 14.8 Å². The van der Waals surface area contributed by atoms with Crippen molar-refractivity contribution in [3.8, 4) is 11.4 Å². The third-order valence-corrected chi connectivity index (χ3v) is 5.02. The van der Waals surface area contributed by atoms with Crippen LogP contribution in [0.3, 0.4) is 0 Å². The lowest BCUT2D eigenvalue weighted by Gasteiger charge is -2.22. The maximum absolute atomic E-state index is 12.8. The molecule has 11 heteroatoms. The smallest absolute Gasteiger partial charge is 0.345 e. The lowest BCUT2D eigenvalue weighted by molar-refractivity contribution is -0.140. The molecule has 0 radical (unpaired) electrons. The molecule has 1 unspecified atom stereocenters. The quantitative estimate of drug-likeness (QED) is 0.434. The number of urea groups is 1. The van der Waals surface area contributed by atoms with Crippen molar-refractivity contribution in [1.29, 1.82) is 0 Å². The Labute approximate surface area is 172 Å². The Hall–Kier alpha value is -4.15. The summed E-state index contributed by atoms with van der Waals surface area (Å²) >= 11 is 0. The second kappa shape index (κ2) is 6.69. The molecule has 3 N–H and O–H groups in total. The molecule has 3 heterocycles. The maximum Gasteiger partial charge on any atom is 0.432 e. The van der Waals surface area contributed by atoms with Crippen LogP contribution in [0.1, 0.15) is 17.3 Å². The molecular weight excluding hydrogens is 413 g/mol. The number of rotatable bonds is 3. The molecule has 8 nitrogen and oxygen atoms in total. The number of carbonyl (C=O) groups is 2. The van der Waals surface area contributed by atoms with Gasteiger partial charge in [-0.1, -0.05) is 24.3 Å². The number of amides is 3. The van der Waals surface area contributed by atoms with E-state index in [0.29, 0.717) is 27.8 Å². The Bertz CT molecular complexity index is 1310. The average Bonchev–Trinajstić information content (AvgIpc) is 3.45. The van der Waals surface area contributed by atoms with E-state index in [2.05, 4.69) is 25.3 Å². The molecule has 1 aliphatic heterocycles. The molecule has 0 bridgehead atoms. The van der Waals surface area contributed by atoms with E-state index in [1.807, 2.05) is 0 Å². The molecule has 31 heavy (non-hydrogen) atoms. The van der Waals surface area contributed by atoms with Crippen molar-refractivity contribution in [2.45, 2.75) is 12.2 Å². The highest BCUT2D eigenvalue weighted by molar-refractivity contribution is 6.15. The second-order valence-corrected chi connectivity index (χ2v) is 6.94. The molecule has 4 aromatic rings. The van der Waals surface area contributed by atoms with E-state index in [-0.39, 0.29) is 5.82 Å². The van der Waals surface area contributed by atoms with Gasteiger partial charge in [0.15, 0.2) is 0 Å². The summed E-state index contributed by atoms with van der Waals surface area (Å²) in [7, 11) is 0. The van der Waals surface area contributed by atoms with Crippen molar-refractivity contribution < 1.29 is 22.8 Å². The normalized spacial score (nSPS) is 16.9. The molecular formula is C20H13F3N6O2. The summed E-state index contributed by atoms with van der Waals surface area (Å²) in [6, 6.07) is 9.87. The molecule has 2 aromatic heterocycles. The summed E-state index contributed by atoms with van der Waals surface area (Å²) in [4.78, 5) is 39.4. The third-order valence-electron chi connectivity index (χ3n) is 5.02. The van der Waals surface area contributed by atoms with Crippen molar-refractivity contribution in [2.24, 2.45) is 0 Å².